The molecule has 0 aliphatic rings. The van der Waals surface area contributed by atoms with Gasteiger partial charge in [-0.1, -0.05) is 43.7 Å². The van der Waals surface area contributed by atoms with E-state index in [-0.39, 0.29) is 11.9 Å². The van der Waals surface area contributed by atoms with Crippen LogP contribution in [-0.2, 0) is 16.0 Å². The number of nitrogens with zero attached hydrogens (tertiary/aromatic N) is 2. The van der Waals surface area contributed by atoms with Gasteiger partial charge in [-0.05, 0) is 46.5 Å². The largest absolute Gasteiger partial charge is 0.460 e. The molecule has 0 bridgehead atoms. The third kappa shape index (κ3) is 7.72. The Bertz CT molecular complexity index is 785. The van der Waals surface area contributed by atoms with Gasteiger partial charge in [-0.3, -0.25) is 4.79 Å². The predicted molar refractivity (Wildman–Crippen MR) is 119 cm³/mol. The minimum absolute atomic E-state index is 0.157. The van der Waals surface area contributed by atoms with Crippen LogP contribution in [0.1, 0.15) is 65.4 Å². The number of carbonyl (C=O) groups is 1. The standard InChI is InChI=1S/C23H34N4O2/c1-5-6-16-25-21-18(14-10-11-15-19(28)29-23(2,3)4)20(26-22(24)27-21)17-12-8-7-9-13-17/h7-9,12-13H,5-6,10-11,14-16H2,1-4H3,(H3,24,25,26,27). The van der Waals surface area contributed by atoms with E-state index in [2.05, 4.69) is 22.2 Å². The Balaban J connectivity index is 2.15. The number of unbranched alkanes of at least 4 members (excludes halogenated alkanes) is 2. The molecule has 0 atom stereocenters. The van der Waals surface area contributed by atoms with Crippen LogP contribution in [0.4, 0.5) is 11.8 Å². The van der Waals surface area contributed by atoms with E-state index in [0.717, 1.165) is 61.3 Å². The fourth-order valence-corrected chi connectivity index (χ4v) is 3.07. The SMILES string of the molecule is CCCCNc1nc(N)nc(-c2ccccc2)c1CCCCC(=O)OC(C)(C)C. The van der Waals surface area contributed by atoms with Crippen LogP contribution in [-0.4, -0.2) is 28.1 Å². The number of hydrogen-bond acceptors (Lipinski definition) is 6. The van der Waals surface area contributed by atoms with E-state index >= 15 is 0 Å². The molecular formula is C23H34N4O2. The molecule has 0 aliphatic heterocycles. The molecule has 3 N–H and O–H groups in total. The summed E-state index contributed by atoms with van der Waals surface area (Å²) in [4.78, 5) is 21.0. The zero-order valence-electron chi connectivity index (χ0n) is 18.1. The van der Waals surface area contributed by atoms with E-state index in [0.29, 0.717) is 6.42 Å². The number of hydrogen-bond donors (Lipinski definition) is 2. The number of nitrogens with two attached hydrogens (primary N) is 1. The van der Waals surface area contributed by atoms with Crippen molar-refractivity contribution in [1.82, 2.24) is 9.97 Å². The summed E-state index contributed by atoms with van der Waals surface area (Å²) in [5.74, 6) is 0.901. The highest BCUT2D eigenvalue weighted by Crippen LogP contribution is 2.29. The summed E-state index contributed by atoms with van der Waals surface area (Å²) in [6.45, 7) is 8.65. The number of esters is 1. The normalized spacial score (nSPS) is 11.3. The van der Waals surface area contributed by atoms with E-state index in [4.69, 9.17) is 10.5 Å². The topological polar surface area (TPSA) is 90.1 Å². The van der Waals surface area contributed by atoms with Crippen molar-refractivity contribution >= 4 is 17.7 Å². The van der Waals surface area contributed by atoms with Crippen LogP contribution in [0, 0.1) is 0 Å². The molecule has 0 amide bonds. The lowest BCUT2D eigenvalue weighted by Gasteiger charge is -2.19. The summed E-state index contributed by atoms with van der Waals surface area (Å²) < 4.78 is 5.40. The summed E-state index contributed by atoms with van der Waals surface area (Å²) in [5.41, 5.74) is 8.47. The van der Waals surface area contributed by atoms with E-state index in [1.807, 2.05) is 51.1 Å². The number of nitrogens with one attached hydrogen (secondary N) is 1. The molecule has 0 aliphatic carbocycles. The zero-order valence-corrected chi connectivity index (χ0v) is 18.1. The molecule has 2 rings (SSSR count). The Labute approximate surface area is 174 Å². The number of aromatic nitrogens is 2. The molecule has 1 aromatic carbocycles. The molecule has 158 valence electrons. The van der Waals surface area contributed by atoms with Crippen LogP contribution in [0.15, 0.2) is 30.3 Å². The molecule has 0 fully saturated rings. The lowest BCUT2D eigenvalue weighted by Crippen LogP contribution is -2.23. The second-order valence-corrected chi connectivity index (χ2v) is 8.20. The molecule has 6 heteroatoms. The van der Waals surface area contributed by atoms with Crippen LogP contribution >= 0.6 is 0 Å². The maximum atomic E-state index is 12.0. The Morgan fingerprint density at radius 1 is 1.10 bits per heavy atom. The molecule has 0 radical (unpaired) electrons. The van der Waals surface area contributed by atoms with Gasteiger partial charge in [-0.15, -0.1) is 0 Å². The van der Waals surface area contributed by atoms with E-state index in [1.54, 1.807) is 0 Å². The van der Waals surface area contributed by atoms with E-state index < -0.39 is 5.60 Å². The number of ether oxygens (including phenoxy) is 1. The Kier molecular flexibility index (Phi) is 8.43. The molecule has 29 heavy (non-hydrogen) atoms. The van der Waals surface area contributed by atoms with Gasteiger partial charge in [0.15, 0.2) is 0 Å². The Morgan fingerprint density at radius 3 is 2.48 bits per heavy atom. The van der Waals surface area contributed by atoms with Crippen molar-refractivity contribution < 1.29 is 9.53 Å². The molecule has 2 aromatic rings. The third-order valence-electron chi connectivity index (χ3n) is 4.37. The summed E-state index contributed by atoms with van der Waals surface area (Å²) >= 11 is 0. The number of carbonyl (C=O) groups excluding carboxylic acids is 1. The minimum Gasteiger partial charge on any atom is -0.460 e. The van der Waals surface area contributed by atoms with Gasteiger partial charge in [-0.25, -0.2) is 4.98 Å². The van der Waals surface area contributed by atoms with Crippen LogP contribution in [0.3, 0.4) is 0 Å². The van der Waals surface area contributed by atoms with Gasteiger partial charge in [0.2, 0.25) is 5.95 Å². The number of rotatable bonds is 10. The van der Waals surface area contributed by atoms with Gasteiger partial charge in [0, 0.05) is 24.1 Å². The van der Waals surface area contributed by atoms with Gasteiger partial charge in [0.25, 0.3) is 0 Å². The molecule has 0 saturated carbocycles. The van der Waals surface area contributed by atoms with Crippen LogP contribution < -0.4 is 11.1 Å². The highest BCUT2D eigenvalue weighted by atomic mass is 16.6. The van der Waals surface area contributed by atoms with Gasteiger partial charge in [0.1, 0.15) is 11.4 Å². The van der Waals surface area contributed by atoms with Crippen molar-refractivity contribution in [2.75, 3.05) is 17.6 Å². The van der Waals surface area contributed by atoms with Crippen molar-refractivity contribution in [3.05, 3.63) is 35.9 Å². The van der Waals surface area contributed by atoms with Crippen molar-refractivity contribution in [2.24, 2.45) is 0 Å². The van der Waals surface area contributed by atoms with Gasteiger partial charge >= 0.3 is 5.97 Å². The van der Waals surface area contributed by atoms with Crippen LogP contribution in [0.5, 0.6) is 0 Å². The highest BCUT2D eigenvalue weighted by Gasteiger charge is 2.17. The fourth-order valence-electron chi connectivity index (χ4n) is 3.07. The van der Waals surface area contributed by atoms with Crippen LogP contribution in [0.2, 0.25) is 0 Å². The molecule has 0 unspecified atom stereocenters. The van der Waals surface area contributed by atoms with Crippen molar-refractivity contribution in [2.45, 2.75) is 71.8 Å². The summed E-state index contributed by atoms with van der Waals surface area (Å²) in [6.07, 6.45) is 4.93. The monoisotopic (exact) mass is 398 g/mol. The molecule has 6 nitrogen and oxygen atoms in total. The third-order valence-corrected chi connectivity index (χ3v) is 4.37. The first kappa shape index (κ1) is 22.7. The van der Waals surface area contributed by atoms with Crippen molar-refractivity contribution in [3.8, 4) is 11.3 Å². The van der Waals surface area contributed by atoms with Gasteiger partial charge in [-0.2, -0.15) is 4.98 Å². The first-order valence-corrected chi connectivity index (χ1v) is 10.5. The number of nitrogen functional groups attached to an aromatic ring is 1. The quantitative estimate of drug-likeness (QED) is 0.433. The van der Waals surface area contributed by atoms with Crippen molar-refractivity contribution in [1.29, 1.82) is 0 Å². The summed E-state index contributed by atoms with van der Waals surface area (Å²) in [6, 6.07) is 10.0. The first-order chi connectivity index (χ1) is 13.8. The van der Waals surface area contributed by atoms with E-state index in [9.17, 15) is 4.79 Å². The first-order valence-electron chi connectivity index (χ1n) is 10.5. The zero-order chi connectivity index (χ0) is 21.3. The number of anilines is 2. The average molecular weight is 399 g/mol. The Hall–Kier alpha value is -2.63. The maximum Gasteiger partial charge on any atom is 0.306 e. The second-order valence-electron chi connectivity index (χ2n) is 8.20. The lowest BCUT2D eigenvalue weighted by molar-refractivity contribution is -0.154. The van der Waals surface area contributed by atoms with Crippen LogP contribution in [0.25, 0.3) is 11.3 Å². The lowest BCUT2D eigenvalue weighted by atomic mass is 10.0. The fraction of sp³-hybridized carbons (Fsp3) is 0.522. The maximum absolute atomic E-state index is 12.0. The van der Waals surface area contributed by atoms with Crippen molar-refractivity contribution in [3.63, 3.8) is 0 Å². The smallest absolute Gasteiger partial charge is 0.306 e. The minimum atomic E-state index is -0.446. The molecule has 0 saturated heterocycles. The summed E-state index contributed by atoms with van der Waals surface area (Å²) in [5, 5.41) is 3.42. The molecular weight excluding hydrogens is 364 g/mol. The second kappa shape index (κ2) is 10.8. The predicted octanol–water partition coefficient (Wildman–Crippen LogP) is 4.99. The molecule has 0 spiro atoms. The average Bonchev–Trinajstić information content (AvgIpc) is 2.65. The van der Waals surface area contributed by atoms with E-state index in [1.165, 1.54) is 0 Å². The highest BCUT2D eigenvalue weighted by molar-refractivity contribution is 5.71. The summed E-state index contributed by atoms with van der Waals surface area (Å²) in [7, 11) is 0. The van der Waals surface area contributed by atoms with Gasteiger partial charge < -0.3 is 15.8 Å². The molecule has 1 aromatic heterocycles. The number of benzene rings is 1. The van der Waals surface area contributed by atoms with Gasteiger partial charge in [0.05, 0.1) is 5.69 Å². The Morgan fingerprint density at radius 2 is 1.83 bits per heavy atom. The molecule has 1 heterocycles.